The summed E-state index contributed by atoms with van der Waals surface area (Å²) in [6.45, 7) is 0.317. The molecule has 0 saturated carbocycles. The Balaban J connectivity index is 1.82. The Morgan fingerprint density at radius 1 is 1.04 bits per heavy atom. The highest BCUT2D eigenvalue weighted by Gasteiger charge is 2.08. The zero-order valence-electron chi connectivity index (χ0n) is 14.7. The third-order valence-electron chi connectivity index (χ3n) is 4.07. The molecule has 0 aliphatic heterocycles. The molecule has 0 heterocycles. The fraction of sp³-hybridized carbons (Fsp3) is 0.0435. The number of benzene rings is 3. The van der Waals surface area contributed by atoms with E-state index >= 15 is 0 Å². The first kappa shape index (κ1) is 19.9. The Morgan fingerprint density at radius 2 is 1.79 bits per heavy atom. The number of ether oxygens (including phenoxy) is 1. The number of hydrogen-bond donors (Lipinski definition) is 0. The predicted octanol–water partition coefficient (Wildman–Crippen LogP) is 6.46. The highest BCUT2D eigenvalue weighted by molar-refractivity contribution is 14.1. The van der Waals surface area contributed by atoms with E-state index in [-0.39, 0.29) is 0 Å². The first-order chi connectivity index (χ1) is 13.6. The molecular formula is C23H14ClIN2O. The highest BCUT2D eigenvalue weighted by atomic mass is 127. The topological polar surface area (TPSA) is 56.8 Å². The van der Waals surface area contributed by atoms with Crippen LogP contribution >= 0.6 is 34.2 Å². The Labute approximate surface area is 182 Å². The van der Waals surface area contributed by atoms with Gasteiger partial charge in [0.1, 0.15) is 12.4 Å². The summed E-state index contributed by atoms with van der Waals surface area (Å²) in [4.78, 5) is 0. The lowest BCUT2D eigenvalue weighted by molar-refractivity contribution is 0.303. The largest absolute Gasteiger partial charge is 0.488 e. The normalized spacial score (nSPS) is 10.8. The smallest absolute Gasteiger partial charge is 0.133 e. The molecule has 0 radical (unpaired) electrons. The van der Waals surface area contributed by atoms with Crippen LogP contribution in [0.5, 0.6) is 5.75 Å². The summed E-state index contributed by atoms with van der Waals surface area (Å²) >= 11 is 8.41. The van der Waals surface area contributed by atoms with Crippen molar-refractivity contribution in [2.24, 2.45) is 0 Å². The number of hydrogen-bond acceptors (Lipinski definition) is 3. The molecule has 0 aromatic heterocycles. The van der Waals surface area contributed by atoms with E-state index < -0.39 is 0 Å². The minimum atomic E-state index is 0.317. The standard InChI is InChI=1S/C23H14ClIN2O/c24-21-8-4-3-7-20(21)19(14-27)11-16-9-10-23(22(25)12-16)28-15-18-6-2-1-5-17(18)13-26/h1-12H,15H2. The molecule has 0 spiro atoms. The van der Waals surface area contributed by atoms with E-state index in [2.05, 4.69) is 34.7 Å². The highest BCUT2D eigenvalue weighted by Crippen LogP contribution is 2.28. The van der Waals surface area contributed by atoms with Crippen LogP contribution in [0.25, 0.3) is 11.6 Å². The molecule has 0 aliphatic rings. The summed E-state index contributed by atoms with van der Waals surface area (Å²) in [5, 5.41) is 19.2. The molecule has 28 heavy (non-hydrogen) atoms. The van der Waals surface area contributed by atoms with E-state index in [1.807, 2.05) is 54.6 Å². The third kappa shape index (κ3) is 4.72. The minimum absolute atomic E-state index is 0.317. The van der Waals surface area contributed by atoms with Crippen LogP contribution in [-0.4, -0.2) is 0 Å². The van der Waals surface area contributed by atoms with Crippen molar-refractivity contribution >= 4 is 45.8 Å². The van der Waals surface area contributed by atoms with Crippen LogP contribution in [0.3, 0.4) is 0 Å². The second-order valence-corrected chi connectivity index (χ2v) is 7.47. The van der Waals surface area contributed by atoms with Crippen LogP contribution in [0, 0.1) is 26.2 Å². The monoisotopic (exact) mass is 496 g/mol. The zero-order chi connectivity index (χ0) is 19.9. The second kappa shape index (κ2) is 9.41. The second-order valence-electron chi connectivity index (χ2n) is 5.90. The van der Waals surface area contributed by atoms with Crippen LogP contribution < -0.4 is 4.74 Å². The van der Waals surface area contributed by atoms with Crippen LogP contribution in [0.15, 0.2) is 66.7 Å². The number of rotatable bonds is 5. The first-order valence-electron chi connectivity index (χ1n) is 8.39. The van der Waals surface area contributed by atoms with Gasteiger partial charge < -0.3 is 4.74 Å². The van der Waals surface area contributed by atoms with Crippen LogP contribution in [0.4, 0.5) is 0 Å². The summed E-state index contributed by atoms with van der Waals surface area (Å²) in [5.74, 6) is 0.724. The third-order valence-corrected chi connectivity index (χ3v) is 5.25. The van der Waals surface area contributed by atoms with E-state index in [9.17, 15) is 10.5 Å². The maximum atomic E-state index is 9.52. The molecule has 5 heteroatoms. The van der Waals surface area contributed by atoms with Crippen molar-refractivity contribution < 1.29 is 4.74 Å². The van der Waals surface area contributed by atoms with Gasteiger partial charge in [-0.25, -0.2) is 0 Å². The molecule has 3 aromatic carbocycles. The molecule has 3 nitrogen and oxygen atoms in total. The van der Waals surface area contributed by atoms with Crippen LogP contribution in [0.2, 0.25) is 5.02 Å². The fourth-order valence-electron chi connectivity index (χ4n) is 2.65. The van der Waals surface area contributed by atoms with Gasteiger partial charge in [-0.2, -0.15) is 10.5 Å². The van der Waals surface area contributed by atoms with Gasteiger partial charge >= 0.3 is 0 Å². The van der Waals surface area contributed by atoms with Gasteiger partial charge in [0.15, 0.2) is 0 Å². The van der Waals surface area contributed by atoms with Gasteiger partial charge in [-0.15, -0.1) is 0 Å². The van der Waals surface area contributed by atoms with Gasteiger partial charge in [0, 0.05) is 16.1 Å². The number of nitrogens with zero attached hydrogens (tertiary/aromatic N) is 2. The lowest BCUT2D eigenvalue weighted by Gasteiger charge is -2.10. The van der Waals surface area contributed by atoms with Crippen molar-refractivity contribution in [1.82, 2.24) is 0 Å². The van der Waals surface area contributed by atoms with E-state index in [0.29, 0.717) is 28.3 Å². The molecule has 0 N–H and O–H groups in total. The summed E-state index contributed by atoms with van der Waals surface area (Å²) in [5.41, 5.74) is 3.53. The van der Waals surface area contributed by atoms with Crippen LogP contribution in [0.1, 0.15) is 22.3 Å². The molecular weight excluding hydrogens is 483 g/mol. The number of nitriles is 2. The zero-order valence-corrected chi connectivity index (χ0v) is 17.6. The minimum Gasteiger partial charge on any atom is -0.488 e. The van der Waals surface area contributed by atoms with Crippen molar-refractivity contribution in [2.75, 3.05) is 0 Å². The summed E-state index contributed by atoms with van der Waals surface area (Å²) in [7, 11) is 0. The molecule has 0 fully saturated rings. The molecule has 0 saturated heterocycles. The number of allylic oxidation sites excluding steroid dienone is 1. The maximum absolute atomic E-state index is 9.52. The van der Waals surface area contributed by atoms with E-state index in [1.165, 1.54) is 0 Å². The molecule has 0 unspecified atom stereocenters. The molecule has 0 aliphatic carbocycles. The Hall–Kier alpha value is -2.80. The number of halogens is 2. The van der Waals surface area contributed by atoms with E-state index in [0.717, 1.165) is 20.4 Å². The Bertz CT molecular complexity index is 1130. The van der Waals surface area contributed by atoms with Gasteiger partial charge in [0.2, 0.25) is 0 Å². The molecule has 0 amide bonds. The Kier molecular flexibility index (Phi) is 6.71. The van der Waals surface area contributed by atoms with Gasteiger partial charge in [-0.05, 0) is 58.5 Å². The average molecular weight is 497 g/mol. The first-order valence-corrected chi connectivity index (χ1v) is 9.85. The van der Waals surface area contributed by atoms with Gasteiger partial charge in [-0.1, -0.05) is 54.1 Å². The predicted molar refractivity (Wildman–Crippen MR) is 120 cm³/mol. The van der Waals surface area contributed by atoms with Gasteiger partial charge in [0.05, 0.1) is 26.8 Å². The molecule has 3 aromatic rings. The maximum Gasteiger partial charge on any atom is 0.133 e. The average Bonchev–Trinajstić information content (AvgIpc) is 2.72. The molecule has 0 atom stereocenters. The van der Waals surface area contributed by atoms with Crippen molar-refractivity contribution in [3.63, 3.8) is 0 Å². The lowest BCUT2D eigenvalue weighted by atomic mass is 10.0. The van der Waals surface area contributed by atoms with Crippen molar-refractivity contribution in [3.8, 4) is 17.9 Å². The Morgan fingerprint density at radius 3 is 2.50 bits per heavy atom. The summed E-state index contributed by atoms with van der Waals surface area (Å²) in [6, 6.07) is 24.7. The fourth-order valence-corrected chi connectivity index (χ4v) is 3.58. The SMILES string of the molecule is N#CC(=Cc1ccc(OCc2ccccc2C#N)c(I)c1)c1ccccc1Cl. The molecule has 0 bridgehead atoms. The van der Waals surface area contributed by atoms with Gasteiger partial charge in [0.25, 0.3) is 0 Å². The van der Waals surface area contributed by atoms with Crippen molar-refractivity contribution in [2.45, 2.75) is 6.61 Å². The van der Waals surface area contributed by atoms with Crippen molar-refractivity contribution in [3.05, 3.63) is 97.6 Å². The van der Waals surface area contributed by atoms with E-state index in [1.54, 1.807) is 18.2 Å². The van der Waals surface area contributed by atoms with Gasteiger partial charge in [-0.3, -0.25) is 0 Å². The van der Waals surface area contributed by atoms with Crippen LogP contribution in [-0.2, 0) is 6.61 Å². The molecule has 136 valence electrons. The summed E-state index contributed by atoms with van der Waals surface area (Å²) in [6.07, 6.45) is 1.80. The quantitative estimate of drug-likeness (QED) is 0.231. The molecule has 3 rings (SSSR count). The lowest BCUT2D eigenvalue weighted by Crippen LogP contribution is -1.99. The van der Waals surface area contributed by atoms with E-state index in [4.69, 9.17) is 16.3 Å². The van der Waals surface area contributed by atoms with Crippen molar-refractivity contribution in [1.29, 1.82) is 10.5 Å². The summed E-state index contributed by atoms with van der Waals surface area (Å²) < 4.78 is 6.80.